The first-order valence-corrected chi connectivity index (χ1v) is 8.51. The summed E-state index contributed by atoms with van der Waals surface area (Å²) in [4.78, 5) is 0. The Bertz CT molecular complexity index is 730. The van der Waals surface area contributed by atoms with Crippen LogP contribution in [0.3, 0.4) is 0 Å². The number of allylic oxidation sites excluding steroid dienone is 1. The van der Waals surface area contributed by atoms with Crippen molar-refractivity contribution in [3.8, 4) is 11.5 Å². The van der Waals surface area contributed by atoms with E-state index >= 15 is 0 Å². The number of methoxy groups -OCH3 is 2. The highest BCUT2D eigenvalue weighted by Crippen LogP contribution is 2.46. The van der Waals surface area contributed by atoms with Crippen LogP contribution in [0, 0.1) is 0 Å². The van der Waals surface area contributed by atoms with Gasteiger partial charge in [0.1, 0.15) is 11.5 Å². The van der Waals surface area contributed by atoms with Gasteiger partial charge in [0.2, 0.25) is 0 Å². The highest BCUT2D eigenvalue weighted by molar-refractivity contribution is 5.46. The molecule has 0 bridgehead atoms. The molecule has 2 aromatic carbocycles. The zero-order valence-corrected chi connectivity index (χ0v) is 14.9. The quantitative estimate of drug-likeness (QED) is 0.689. The molecule has 0 spiro atoms. The molecule has 2 heteroatoms. The smallest absolute Gasteiger partial charge is 0.119 e. The Hall–Kier alpha value is -2.22. The van der Waals surface area contributed by atoms with Gasteiger partial charge in [0.15, 0.2) is 0 Å². The van der Waals surface area contributed by atoms with Crippen molar-refractivity contribution >= 4 is 0 Å². The molecule has 0 unspecified atom stereocenters. The molecule has 0 fully saturated rings. The summed E-state index contributed by atoms with van der Waals surface area (Å²) < 4.78 is 10.7. The average Bonchev–Trinajstić information content (AvgIpc) is 2.92. The first kappa shape index (κ1) is 16.6. The lowest BCUT2D eigenvalue weighted by Crippen LogP contribution is -2.26. The van der Waals surface area contributed by atoms with Crippen LogP contribution in [-0.2, 0) is 18.3 Å². The van der Waals surface area contributed by atoms with E-state index in [-0.39, 0.29) is 5.41 Å². The first-order valence-electron chi connectivity index (χ1n) is 8.51. The number of aryl methyl sites for hydroxylation is 1. The minimum absolute atomic E-state index is 0.141. The maximum absolute atomic E-state index is 5.40. The van der Waals surface area contributed by atoms with Crippen molar-refractivity contribution in [1.82, 2.24) is 0 Å². The first-order chi connectivity index (χ1) is 11.6. The molecule has 2 nitrogen and oxygen atoms in total. The van der Waals surface area contributed by atoms with Gasteiger partial charge in [-0.05, 0) is 73.6 Å². The minimum atomic E-state index is 0.141. The van der Waals surface area contributed by atoms with Crippen molar-refractivity contribution in [1.29, 1.82) is 0 Å². The molecule has 3 rings (SSSR count). The molecule has 1 aliphatic carbocycles. The molecule has 2 aromatic rings. The third-order valence-corrected chi connectivity index (χ3v) is 5.10. The molecular formula is C22H26O2. The van der Waals surface area contributed by atoms with E-state index in [1.54, 1.807) is 14.2 Å². The minimum Gasteiger partial charge on any atom is -0.497 e. The van der Waals surface area contributed by atoms with Crippen LogP contribution in [0.1, 0.15) is 36.5 Å². The van der Waals surface area contributed by atoms with Crippen molar-refractivity contribution in [2.75, 3.05) is 14.2 Å². The molecule has 1 aliphatic rings. The van der Waals surface area contributed by atoms with Gasteiger partial charge in [0.05, 0.1) is 14.2 Å². The molecule has 126 valence electrons. The number of hydrogen-bond donors (Lipinski definition) is 0. The molecule has 0 aromatic heterocycles. The van der Waals surface area contributed by atoms with E-state index in [0.717, 1.165) is 37.2 Å². The highest BCUT2D eigenvalue weighted by atomic mass is 16.5. The predicted molar refractivity (Wildman–Crippen MR) is 99.1 cm³/mol. The zero-order valence-electron chi connectivity index (χ0n) is 14.9. The second kappa shape index (κ2) is 6.72. The van der Waals surface area contributed by atoms with Gasteiger partial charge in [-0.2, -0.15) is 0 Å². The van der Waals surface area contributed by atoms with Crippen molar-refractivity contribution in [2.45, 2.75) is 38.0 Å². The molecule has 0 heterocycles. The van der Waals surface area contributed by atoms with E-state index in [0.29, 0.717) is 0 Å². The number of fused-ring (bicyclic) bond motifs is 1. The maximum Gasteiger partial charge on any atom is 0.119 e. The van der Waals surface area contributed by atoms with Crippen LogP contribution in [-0.4, -0.2) is 14.2 Å². The van der Waals surface area contributed by atoms with Crippen molar-refractivity contribution in [2.24, 2.45) is 0 Å². The van der Waals surface area contributed by atoms with Gasteiger partial charge in [-0.1, -0.05) is 23.8 Å². The van der Waals surface area contributed by atoms with Crippen molar-refractivity contribution in [3.05, 3.63) is 71.3 Å². The molecule has 1 atom stereocenters. The summed E-state index contributed by atoms with van der Waals surface area (Å²) in [6.45, 7) is 6.33. The fourth-order valence-electron chi connectivity index (χ4n) is 4.07. The zero-order chi connectivity index (χ0) is 17.2. The predicted octanol–water partition coefficient (Wildman–Crippen LogP) is 5.10. The van der Waals surface area contributed by atoms with Gasteiger partial charge < -0.3 is 9.47 Å². The van der Waals surface area contributed by atoms with Crippen molar-refractivity contribution < 1.29 is 9.47 Å². The van der Waals surface area contributed by atoms with Crippen LogP contribution >= 0.6 is 0 Å². The summed E-state index contributed by atoms with van der Waals surface area (Å²) in [7, 11) is 3.44. The van der Waals surface area contributed by atoms with Gasteiger partial charge in [-0.3, -0.25) is 0 Å². The average molecular weight is 322 g/mol. The van der Waals surface area contributed by atoms with Gasteiger partial charge in [-0.25, -0.2) is 0 Å². The third kappa shape index (κ3) is 3.19. The lowest BCUT2D eigenvalue weighted by molar-refractivity contribution is 0.408. The van der Waals surface area contributed by atoms with E-state index in [1.807, 2.05) is 12.1 Å². The van der Waals surface area contributed by atoms with E-state index in [1.165, 1.54) is 22.3 Å². The Morgan fingerprint density at radius 3 is 2.33 bits per heavy atom. The monoisotopic (exact) mass is 322 g/mol. The second-order valence-corrected chi connectivity index (χ2v) is 6.96. The van der Waals surface area contributed by atoms with E-state index in [9.17, 15) is 0 Å². The number of benzene rings is 2. The van der Waals surface area contributed by atoms with Crippen LogP contribution in [0.2, 0.25) is 0 Å². The fourth-order valence-corrected chi connectivity index (χ4v) is 4.07. The normalized spacial score (nSPS) is 19.0. The summed E-state index contributed by atoms with van der Waals surface area (Å²) in [5.41, 5.74) is 5.61. The van der Waals surface area contributed by atoms with Crippen LogP contribution in [0.25, 0.3) is 0 Å². The summed E-state index contributed by atoms with van der Waals surface area (Å²) in [5, 5.41) is 0. The summed E-state index contributed by atoms with van der Waals surface area (Å²) in [6.07, 6.45) is 4.33. The Balaban J connectivity index is 1.96. The molecular weight excluding hydrogens is 296 g/mol. The maximum atomic E-state index is 5.40. The SMILES string of the molecule is C=C(C)C[C@@]1(Cc2ccc(OC)cc2)CCc2cc(OC)ccc21. The molecule has 0 radical (unpaired) electrons. The van der Waals surface area contributed by atoms with E-state index in [4.69, 9.17) is 9.47 Å². The molecule has 0 saturated heterocycles. The largest absolute Gasteiger partial charge is 0.497 e. The highest BCUT2D eigenvalue weighted by Gasteiger charge is 2.38. The Labute approximate surface area is 145 Å². The van der Waals surface area contributed by atoms with E-state index in [2.05, 4.69) is 43.8 Å². The molecule has 0 aliphatic heterocycles. The Morgan fingerprint density at radius 2 is 1.71 bits per heavy atom. The summed E-state index contributed by atoms with van der Waals surface area (Å²) in [5.74, 6) is 1.86. The lowest BCUT2D eigenvalue weighted by atomic mass is 9.72. The standard InChI is InChI=1S/C22H26O2/c1-16(2)14-22(15-17-5-7-19(23-3)8-6-17)12-11-18-13-20(24-4)9-10-21(18)22/h5-10,13H,1,11-12,14-15H2,2-4H3/t22-/m1/s1. The van der Waals surface area contributed by atoms with Crippen LogP contribution in [0.5, 0.6) is 11.5 Å². The molecule has 24 heavy (non-hydrogen) atoms. The number of rotatable bonds is 6. The molecule has 0 N–H and O–H groups in total. The van der Waals surface area contributed by atoms with Gasteiger partial charge in [0.25, 0.3) is 0 Å². The van der Waals surface area contributed by atoms with E-state index < -0.39 is 0 Å². The number of hydrogen-bond acceptors (Lipinski definition) is 2. The molecule has 0 amide bonds. The van der Waals surface area contributed by atoms with Gasteiger partial charge in [0, 0.05) is 5.41 Å². The van der Waals surface area contributed by atoms with Crippen LogP contribution in [0.15, 0.2) is 54.6 Å². The number of ether oxygens (including phenoxy) is 2. The summed E-state index contributed by atoms with van der Waals surface area (Å²) >= 11 is 0. The third-order valence-electron chi connectivity index (χ3n) is 5.10. The fraction of sp³-hybridized carbons (Fsp3) is 0.364. The van der Waals surface area contributed by atoms with Gasteiger partial charge in [-0.15, -0.1) is 6.58 Å². The topological polar surface area (TPSA) is 18.5 Å². The van der Waals surface area contributed by atoms with Crippen LogP contribution < -0.4 is 9.47 Å². The summed E-state index contributed by atoms with van der Waals surface area (Å²) in [6, 6.07) is 15.0. The lowest BCUT2D eigenvalue weighted by Gasteiger charge is -2.31. The van der Waals surface area contributed by atoms with Crippen molar-refractivity contribution in [3.63, 3.8) is 0 Å². The Morgan fingerprint density at radius 1 is 1.04 bits per heavy atom. The Kier molecular flexibility index (Phi) is 4.66. The van der Waals surface area contributed by atoms with Crippen LogP contribution in [0.4, 0.5) is 0 Å². The molecule has 0 saturated carbocycles. The second-order valence-electron chi connectivity index (χ2n) is 6.96. The van der Waals surface area contributed by atoms with Gasteiger partial charge >= 0.3 is 0 Å².